The molecule has 2 aliphatic rings. The number of hydrogen-bond acceptors (Lipinski definition) is 5. The summed E-state index contributed by atoms with van der Waals surface area (Å²) in [7, 11) is -3.07. The highest BCUT2D eigenvalue weighted by Gasteiger charge is 2.24. The molecule has 0 unspecified atom stereocenters. The van der Waals surface area contributed by atoms with Crippen molar-refractivity contribution in [3.05, 3.63) is 48.0 Å². The standard InChI is InChI=1S/C18H23O5P/c1-3-15(19)17(13-9-5-6-10-13)22-24(21)23-18(16(20)4-2)14-11-7-8-12-14/h3-4,24H,1-2,5-12H2. The van der Waals surface area contributed by atoms with Crippen LogP contribution in [0.3, 0.4) is 0 Å². The van der Waals surface area contributed by atoms with Gasteiger partial charge in [0.25, 0.3) is 0 Å². The number of rotatable bonds is 8. The lowest BCUT2D eigenvalue weighted by Crippen LogP contribution is -2.06. The highest BCUT2D eigenvalue weighted by molar-refractivity contribution is 7.33. The maximum absolute atomic E-state index is 12.3. The van der Waals surface area contributed by atoms with Crippen molar-refractivity contribution in [2.24, 2.45) is 0 Å². The Morgan fingerprint density at radius 3 is 1.42 bits per heavy atom. The molecule has 0 spiro atoms. The molecule has 0 N–H and O–H groups in total. The van der Waals surface area contributed by atoms with Crippen LogP contribution in [0.4, 0.5) is 0 Å². The van der Waals surface area contributed by atoms with Gasteiger partial charge < -0.3 is 9.05 Å². The Kier molecular flexibility index (Phi) is 6.80. The third-order valence-electron chi connectivity index (χ3n) is 4.25. The molecule has 0 saturated heterocycles. The first-order valence-corrected chi connectivity index (χ1v) is 9.46. The quantitative estimate of drug-likeness (QED) is 0.364. The number of allylic oxidation sites excluding steroid dienone is 4. The van der Waals surface area contributed by atoms with Gasteiger partial charge in [0.05, 0.1) is 0 Å². The topological polar surface area (TPSA) is 69.7 Å². The molecule has 0 aromatic heterocycles. The van der Waals surface area contributed by atoms with Crippen molar-refractivity contribution in [1.29, 1.82) is 0 Å². The molecule has 0 amide bonds. The van der Waals surface area contributed by atoms with E-state index in [1.165, 1.54) is 0 Å². The zero-order valence-corrected chi connectivity index (χ0v) is 14.8. The lowest BCUT2D eigenvalue weighted by Gasteiger charge is -2.14. The summed E-state index contributed by atoms with van der Waals surface area (Å²) >= 11 is 0. The minimum Gasteiger partial charge on any atom is -0.414 e. The van der Waals surface area contributed by atoms with Crippen molar-refractivity contribution in [3.63, 3.8) is 0 Å². The normalized spacial score (nSPS) is 16.9. The van der Waals surface area contributed by atoms with Crippen LogP contribution in [0.15, 0.2) is 48.0 Å². The first-order chi connectivity index (χ1) is 11.6. The van der Waals surface area contributed by atoms with Gasteiger partial charge in [-0.2, -0.15) is 0 Å². The molecule has 0 atom stereocenters. The molecule has 2 rings (SSSR count). The maximum Gasteiger partial charge on any atom is 0.419 e. The highest BCUT2D eigenvalue weighted by atomic mass is 31.1. The zero-order valence-electron chi connectivity index (χ0n) is 13.8. The summed E-state index contributed by atoms with van der Waals surface area (Å²) < 4.78 is 23.0. The minimum absolute atomic E-state index is 0.0632. The fourth-order valence-corrected chi connectivity index (χ4v) is 3.89. The van der Waals surface area contributed by atoms with E-state index in [0.717, 1.165) is 74.7 Å². The average Bonchev–Trinajstić information content (AvgIpc) is 3.29. The molecule has 0 heterocycles. The van der Waals surface area contributed by atoms with Crippen LogP contribution in [0.5, 0.6) is 0 Å². The van der Waals surface area contributed by atoms with Crippen LogP contribution < -0.4 is 0 Å². The summed E-state index contributed by atoms with van der Waals surface area (Å²) in [6, 6.07) is 0. The summed E-state index contributed by atoms with van der Waals surface area (Å²) in [5.74, 6) is -0.681. The van der Waals surface area contributed by atoms with E-state index in [2.05, 4.69) is 13.2 Å². The van der Waals surface area contributed by atoms with Gasteiger partial charge in [-0.3, -0.25) is 9.59 Å². The van der Waals surface area contributed by atoms with E-state index in [-0.39, 0.29) is 11.5 Å². The van der Waals surface area contributed by atoms with Crippen molar-refractivity contribution in [3.8, 4) is 0 Å². The Morgan fingerprint density at radius 2 is 1.12 bits per heavy atom. The molecule has 2 aliphatic carbocycles. The molecule has 24 heavy (non-hydrogen) atoms. The molecular weight excluding hydrogens is 327 g/mol. The second-order valence-electron chi connectivity index (χ2n) is 5.87. The minimum atomic E-state index is -3.07. The Hall–Kier alpha value is -1.87. The fourth-order valence-electron chi connectivity index (χ4n) is 3.02. The SMILES string of the molecule is C=CC(=O)C(O[PH](=O)OC(C(=O)C=C)=C1CCCC1)=C1CCCC1. The highest BCUT2D eigenvalue weighted by Crippen LogP contribution is 2.39. The lowest BCUT2D eigenvalue weighted by atomic mass is 10.1. The van der Waals surface area contributed by atoms with Crippen LogP contribution in [0.25, 0.3) is 0 Å². The van der Waals surface area contributed by atoms with Crippen LogP contribution in [-0.2, 0) is 23.2 Å². The lowest BCUT2D eigenvalue weighted by molar-refractivity contribution is -0.113. The Labute approximate surface area is 143 Å². The van der Waals surface area contributed by atoms with E-state index in [0.29, 0.717) is 0 Å². The van der Waals surface area contributed by atoms with Gasteiger partial charge in [0.1, 0.15) is 0 Å². The smallest absolute Gasteiger partial charge is 0.414 e. The second-order valence-corrected chi connectivity index (χ2v) is 6.78. The van der Waals surface area contributed by atoms with Crippen LogP contribution in [0, 0.1) is 0 Å². The monoisotopic (exact) mass is 350 g/mol. The van der Waals surface area contributed by atoms with Crippen LogP contribution in [0.2, 0.25) is 0 Å². The molecule has 6 heteroatoms. The zero-order chi connectivity index (χ0) is 17.5. The molecule has 5 nitrogen and oxygen atoms in total. The molecule has 2 fully saturated rings. The van der Waals surface area contributed by atoms with Crippen LogP contribution in [0.1, 0.15) is 51.4 Å². The van der Waals surface area contributed by atoms with Crippen molar-refractivity contribution in [2.75, 3.05) is 0 Å². The van der Waals surface area contributed by atoms with E-state index < -0.39 is 19.8 Å². The molecule has 0 radical (unpaired) electrons. The van der Waals surface area contributed by atoms with Gasteiger partial charge in [-0.15, -0.1) is 0 Å². The van der Waals surface area contributed by atoms with Gasteiger partial charge >= 0.3 is 8.25 Å². The predicted octanol–water partition coefficient (Wildman–Crippen LogP) is 4.58. The second kappa shape index (κ2) is 8.84. The fraction of sp³-hybridized carbons (Fsp3) is 0.444. The van der Waals surface area contributed by atoms with Crippen LogP contribution in [-0.4, -0.2) is 11.6 Å². The van der Waals surface area contributed by atoms with E-state index in [1.54, 1.807) is 0 Å². The van der Waals surface area contributed by atoms with Crippen molar-refractivity contribution in [2.45, 2.75) is 51.4 Å². The van der Waals surface area contributed by atoms with Gasteiger partial charge in [-0.05, 0) is 74.7 Å². The third-order valence-corrected chi connectivity index (χ3v) is 4.99. The third kappa shape index (κ3) is 4.57. The summed E-state index contributed by atoms with van der Waals surface area (Å²) in [6.45, 7) is 6.91. The van der Waals surface area contributed by atoms with E-state index in [9.17, 15) is 14.2 Å². The first kappa shape index (κ1) is 18.5. The Bertz CT molecular complexity index is 572. The molecule has 2 saturated carbocycles. The van der Waals surface area contributed by atoms with Crippen molar-refractivity contribution in [1.82, 2.24) is 0 Å². The Balaban J connectivity index is 2.17. The number of carbonyl (C=O) groups is 2. The number of carbonyl (C=O) groups excluding carboxylic acids is 2. The number of ketones is 2. The van der Waals surface area contributed by atoms with Gasteiger partial charge in [0.15, 0.2) is 11.5 Å². The van der Waals surface area contributed by atoms with Gasteiger partial charge in [-0.1, -0.05) is 13.2 Å². The molecular formula is C18H23O5P. The summed E-state index contributed by atoms with van der Waals surface area (Å²) in [5, 5.41) is 0. The molecule has 0 aliphatic heterocycles. The van der Waals surface area contributed by atoms with E-state index in [1.807, 2.05) is 0 Å². The van der Waals surface area contributed by atoms with Gasteiger partial charge in [0, 0.05) is 0 Å². The van der Waals surface area contributed by atoms with Crippen molar-refractivity contribution < 1.29 is 23.2 Å². The molecule has 130 valence electrons. The molecule has 0 aromatic carbocycles. The first-order valence-electron chi connectivity index (χ1n) is 8.24. The van der Waals surface area contributed by atoms with Gasteiger partial charge in [0.2, 0.25) is 11.6 Å². The van der Waals surface area contributed by atoms with Gasteiger partial charge in [-0.25, -0.2) is 4.57 Å². The average molecular weight is 350 g/mol. The maximum atomic E-state index is 12.3. The Morgan fingerprint density at radius 1 is 0.792 bits per heavy atom. The van der Waals surface area contributed by atoms with E-state index in [4.69, 9.17) is 9.05 Å². The summed E-state index contributed by atoms with van der Waals surface area (Å²) in [5.41, 5.74) is 1.68. The van der Waals surface area contributed by atoms with Crippen LogP contribution >= 0.6 is 8.25 Å². The summed E-state index contributed by atoms with van der Waals surface area (Å²) in [4.78, 5) is 24.0. The van der Waals surface area contributed by atoms with Crippen molar-refractivity contribution >= 4 is 19.8 Å². The van der Waals surface area contributed by atoms with E-state index >= 15 is 0 Å². The predicted molar refractivity (Wildman–Crippen MR) is 92.6 cm³/mol. The number of hydrogen-bond donors (Lipinski definition) is 0. The molecule has 0 aromatic rings. The largest absolute Gasteiger partial charge is 0.419 e. The summed E-state index contributed by atoms with van der Waals surface area (Å²) in [6.07, 6.45) is 9.12. The molecule has 0 bridgehead atoms.